The van der Waals surface area contributed by atoms with E-state index in [9.17, 15) is 0 Å². The summed E-state index contributed by atoms with van der Waals surface area (Å²) < 4.78 is 0. The molecule has 3 heterocycles. The molecule has 0 radical (unpaired) electrons. The fourth-order valence-corrected chi connectivity index (χ4v) is 4.01. The van der Waals surface area contributed by atoms with Crippen molar-refractivity contribution >= 4 is 0 Å². The lowest BCUT2D eigenvalue weighted by atomic mass is 9.91. The van der Waals surface area contributed by atoms with Gasteiger partial charge in [0.15, 0.2) is 0 Å². The Bertz CT molecular complexity index is 597. The maximum atomic E-state index is 4.56. The molecule has 0 unspecified atom stereocenters. The van der Waals surface area contributed by atoms with E-state index >= 15 is 0 Å². The molecule has 4 heteroatoms. The van der Waals surface area contributed by atoms with Crippen LogP contribution in [0.1, 0.15) is 39.1 Å². The van der Waals surface area contributed by atoms with E-state index in [-0.39, 0.29) is 0 Å². The van der Waals surface area contributed by atoms with Crippen molar-refractivity contribution in [1.29, 1.82) is 0 Å². The van der Waals surface area contributed by atoms with E-state index in [1.165, 1.54) is 11.4 Å². The summed E-state index contributed by atoms with van der Waals surface area (Å²) in [7, 11) is 0. The van der Waals surface area contributed by atoms with Crippen molar-refractivity contribution in [3.8, 4) is 0 Å². The first-order chi connectivity index (χ1) is 12.5. The maximum Gasteiger partial charge on any atom is 0.0544 e. The molecule has 26 heavy (non-hydrogen) atoms. The first-order valence-electron chi connectivity index (χ1n) is 9.82. The topological polar surface area (TPSA) is 32.3 Å². The summed E-state index contributed by atoms with van der Waals surface area (Å²) in [5.41, 5.74) is 2.33. The van der Waals surface area contributed by atoms with Crippen molar-refractivity contribution in [2.75, 3.05) is 13.1 Å². The number of aromatic nitrogens is 2. The molecular formula is C22H32N4. The summed E-state index contributed by atoms with van der Waals surface area (Å²) in [5.74, 6) is 1.22. The van der Waals surface area contributed by atoms with Crippen LogP contribution < -0.4 is 0 Å². The van der Waals surface area contributed by atoms with Crippen LogP contribution in [0.25, 0.3) is 0 Å². The average Bonchev–Trinajstić information content (AvgIpc) is 2.64. The van der Waals surface area contributed by atoms with Crippen LogP contribution in [0.15, 0.2) is 48.8 Å². The monoisotopic (exact) mass is 352 g/mol. The van der Waals surface area contributed by atoms with Crippen LogP contribution in [-0.2, 0) is 13.1 Å². The van der Waals surface area contributed by atoms with Gasteiger partial charge in [0.2, 0.25) is 0 Å². The first kappa shape index (κ1) is 19.0. The Balaban J connectivity index is 1.78. The fraction of sp³-hybridized carbons (Fsp3) is 0.545. The van der Waals surface area contributed by atoms with Crippen molar-refractivity contribution in [2.24, 2.45) is 11.8 Å². The number of nitrogens with zero attached hydrogens (tertiary/aromatic N) is 4. The van der Waals surface area contributed by atoms with Gasteiger partial charge in [-0.25, -0.2) is 0 Å². The summed E-state index contributed by atoms with van der Waals surface area (Å²) in [6.45, 7) is 13.4. The number of rotatable bonds is 6. The van der Waals surface area contributed by atoms with Crippen molar-refractivity contribution in [3.05, 3.63) is 60.2 Å². The van der Waals surface area contributed by atoms with Gasteiger partial charge in [-0.05, 0) is 36.1 Å². The maximum absolute atomic E-state index is 4.56. The SMILES string of the molecule is CC(C)[C@H]1CN(Cc2ccccn2)[C@@H](C(C)C)CN1Cc1ccccn1. The molecule has 0 spiro atoms. The van der Waals surface area contributed by atoms with Gasteiger partial charge in [-0.3, -0.25) is 19.8 Å². The van der Waals surface area contributed by atoms with Crippen LogP contribution in [0.3, 0.4) is 0 Å². The zero-order valence-electron chi connectivity index (χ0n) is 16.5. The third kappa shape index (κ3) is 4.68. The molecule has 1 aliphatic rings. The highest BCUT2D eigenvalue weighted by molar-refractivity contribution is 5.07. The summed E-state index contributed by atoms with van der Waals surface area (Å²) >= 11 is 0. The van der Waals surface area contributed by atoms with Crippen molar-refractivity contribution in [1.82, 2.24) is 19.8 Å². The molecule has 0 saturated carbocycles. The van der Waals surface area contributed by atoms with Gasteiger partial charge in [0.25, 0.3) is 0 Å². The molecule has 0 aromatic carbocycles. The van der Waals surface area contributed by atoms with E-state index in [0.717, 1.165) is 26.2 Å². The molecule has 0 N–H and O–H groups in total. The number of piperazine rings is 1. The molecule has 2 aromatic heterocycles. The van der Waals surface area contributed by atoms with E-state index in [1.807, 2.05) is 24.5 Å². The smallest absolute Gasteiger partial charge is 0.0544 e. The molecule has 0 amide bonds. The summed E-state index contributed by atoms with van der Waals surface area (Å²) in [5, 5.41) is 0. The second kappa shape index (κ2) is 8.74. The standard InChI is InChI=1S/C22H32N4/c1-17(2)21-15-26(14-20-10-6-8-12-24-20)22(18(3)4)16-25(21)13-19-9-5-7-11-23-19/h5-12,17-18,21-22H,13-16H2,1-4H3/t21-,22-/m1/s1. The molecule has 2 aromatic rings. The third-order valence-corrected chi connectivity index (χ3v) is 5.50. The fourth-order valence-electron chi connectivity index (χ4n) is 4.01. The predicted molar refractivity (Wildman–Crippen MR) is 107 cm³/mol. The Morgan fingerprint density at radius 1 is 0.769 bits per heavy atom. The third-order valence-electron chi connectivity index (χ3n) is 5.50. The zero-order valence-corrected chi connectivity index (χ0v) is 16.5. The Labute approximate surface area is 158 Å². The number of pyridine rings is 2. The van der Waals surface area contributed by atoms with Gasteiger partial charge in [0, 0.05) is 50.7 Å². The van der Waals surface area contributed by atoms with E-state index in [2.05, 4.69) is 71.7 Å². The first-order valence-corrected chi connectivity index (χ1v) is 9.82. The van der Waals surface area contributed by atoms with Gasteiger partial charge < -0.3 is 0 Å². The van der Waals surface area contributed by atoms with E-state index in [4.69, 9.17) is 0 Å². The average molecular weight is 353 g/mol. The molecule has 2 atom stereocenters. The predicted octanol–water partition coefficient (Wildman–Crippen LogP) is 3.84. The molecule has 0 aliphatic carbocycles. The van der Waals surface area contributed by atoms with Gasteiger partial charge in [0.05, 0.1) is 11.4 Å². The summed E-state index contributed by atoms with van der Waals surface area (Å²) in [6, 6.07) is 13.5. The molecule has 0 bridgehead atoms. The van der Waals surface area contributed by atoms with Gasteiger partial charge >= 0.3 is 0 Å². The van der Waals surface area contributed by atoms with Gasteiger partial charge in [-0.15, -0.1) is 0 Å². The van der Waals surface area contributed by atoms with Crippen LogP contribution >= 0.6 is 0 Å². The van der Waals surface area contributed by atoms with Gasteiger partial charge in [-0.2, -0.15) is 0 Å². The van der Waals surface area contributed by atoms with Crippen LogP contribution in [0.5, 0.6) is 0 Å². The Hall–Kier alpha value is -1.78. The number of hydrogen-bond donors (Lipinski definition) is 0. The van der Waals surface area contributed by atoms with E-state index in [0.29, 0.717) is 23.9 Å². The second-order valence-electron chi connectivity index (χ2n) is 8.12. The summed E-state index contributed by atoms with van der Waals surface area (Å²) in [6.07, 6.45) is 3.80. The molecule has 1 aliphatic heterocycles. The Kier molecular flexibility index (Phi) is 6.38. The lowest BCUT2D eigenvalue weighted by molar-refractivity contribution is -0.0175. The quantitative estimate of drug-likeness (QED) is 0.790. The minimum Gasteiger partial charge on any atom is -0.291 e. The molecule has 3 rings (SSSR count). The highest BCUT2D eigenvalue weighted by Crippen LogP contribution is 2.27. The minimum atomic E-state index is 0.538. The Morgan fingerprint density at radius 2 is 1.19 bits per heavy atom. The largest absolute Gasteiger partial charge is 0.291 e. The molecule has 1 saturated heterocycles. The normalized spacial score (nSPS) is 22.2. The van der Waals surface area contributed by atoms with Gasteiger partial charge in [-0.1, -0.05) is 39.8 Å². The zero-order chi connectivity index (χ0) is 18.5. The van der Waals surface area contributed by atoms with Crippen LogP contribution in [0.2, 0.25) is 0 Å². The van der Waals surface area contributed by atoms with Crippen LogP contribution in [0, 0.1) is 11.8 Å². The van der Waals surface area contributed by atoms with Crippen LogP contribution in [-0.4, -0.2) is 44.9 Å². The van der Waals surface area contributed by atoms with Crippen molar-refractivity contribution in [2.45, 2.75) is 52.9 Å². The lowest BCUT2D eigenvalue weighted by Crippen LogP contribution is -2.60. The van der Waals surface area contributed by atoms with E-state index < -0.39 is 0 Å². The molecular weight excluding hydrogens is 320 g/mol. The lowest BCUT2D eigenvalue weighted by Gasteiger charge is -2.49. The van der Waals surface area contributed by atoms with Crippen molar-refractivity contribution < 1.29 is 0 Å². The number of hydrogen-bond acceptors (Lipinski definition) is 4. The molecule has 1 fully saturated rings. The molecule has 140 valence electrons. The highest BCUT2D eigenvalue weighted by atomic mass is 15.3. The van der Waals surface area contributed by atoms with E-state index in [1.54, 1.807) is 0 Å². The molecule has 4 nitrogen and oxygen atoms in total. The minimum absolute atomic E-state index is 0.538. The van der Waals surface area contributed by atoms with Crippen molar-refractivity contribution in [3.63, 3.8) is 0 Å². The highest BCUT2D eigenvalue weighted by Gasteiger charge is 2.36. The van der Waals surface area contributed by atoms with Crippen LogP contribution in [0.4, 0.5) is 0 Å². The summed E-state index contributed by atoms with van der Waals surface area (Å²) in [4.78, 5) is 14.4. The Morgan fingerprint density at radius 3 is 1.50 bits per heavy atom. The second-order valence-corrected chi connectivity index (χ2v) is 8.12. The van der Waals surface area contributed by atoms with Gasteiger partial charge in [0.1, 0.15) is 0 Å².